The average Bonchev–Trinajstić information content (AvgIpc) is 3.20. The second-order valence-corrected chi connectivity index (χ2v) is 6.56. The molecule has 2 aromatic rings. The zero-order valence-corrected chi connectivity index (χ0v) is 14.4. The van der Waals surface area contributed by atoms with Crippen LogP contribution in [0.2, 0.25) is 0 Å². The third kappa shape index (κ3) is 3.63. The van der Waals surface area contributed by atoms with Crippen LogP contribution in [0.4, 0.5) is 10.7 Å². The minimum atomic E-state index is -0.853. The van der Waals surface area contributed by atoms with Crippen LogP contribution in [0.25, 0.3) is 0 Å². The quantitative estimate of drug-likeness (QED) is 0.441. The first-order valence-electron chi connectivity index (χ1n) is 7.75. The van der Waals surface area contributed by atoms with E-state index in [4.69, 9.17) is 4.74 Å². The highest BCUT2D eigenvalue weighted by Gasteiger charge is 2.29. The van der Waals surface area contributed by atoms with Crippen molar-refractivity contribution in [2.75, 3.05) is 17.9 Å². The number of aryl methyl sites for hydroxylation is 1. The van der Waals surface area contributed by atoms with Crippen LogP contribution in [0.5, 0.6) is 0 Å². The zero-order valence-electron chi connectivity index (χ0n) is 13.5. The molecule has 8 heteroatoms. The molecule has 0 radical (unpaired) electrons. The Morgan fingerprint density at radius 2 is 1.84 bits per heavy atom. The fourth-order valence-corrected chi connectivity index (χ4v) is 3.95. The number of rotatable bonds is 4. The molecule has 0 aliphatic heterocycles. The molecular formula is C17H17N3O4S. The Morgan fingerprint density at radius 1 is 1.08 bits per heavy atom. The monoisotopic (exact) mass is 359 g/mol. The minimum absolute atomic E-state index is 0.358. The van der Waals surface area contributed by atoms with Gasteiger partial charge in [0, 0.05) is 4.88 Å². The maximum absolute atomic E-state index is 12.1. The lowest BCUT2D eigenvalue weighted by atomic mass is 10.1. The number of amides is 2. The zero-order chi connectivity index (χ0) is 17.8. The second kappa shape index (κ2) is 7.35. The van der Waals surface area contributed by atoms with E-state index in [2.05, 4.69) is 16.2 Å². The van der Waals surface area contributed by atoms with Gasteiger partial charge in [0.15, 0.2) is 0 Å². The lowest BCUT2D eigenvalue weighted by Gasteiger charge is -2.09. The summed E-state index contributed by atoms with van der Waals surface area (Å²) in [5.41, 5.74) is 6.89. The molecule has 0 saturated carbocycles. The van der Waals surface area contributed by atoms with Crippen molar-refractivity contribution in [3.63, 3.8) is 0 Å². The lowest BCUT2D eigenvalue weighted by Crippen LogP contribution is -2.38. The van der Waals surface area contributed by atoms with Gasteiger partial charge in [0.25, 0.3) is 0 Å². The first-order chi connectivity index (χ1) is 12.1. The van der Waals surface area contributed by atoms with Gasteiger partial charge in [-0.1, -0.05) is 18.2 Å². The van der Waals surface area contributed by atoms with Gasteiger partial charge >= 0.3 is 17.8 Å². The Morgan fingerprint density at radius 3 is 2.56 bits per heavy atom. The van der Waals surface area contributed by atoms with Gasteiger partial charge in [0.05, 0.1) is 18.4 Å². The molecule has 1 aromatic heterocycles. The molecule has 3 rings (SSSR count). The number of methoxy groups -OCH3 is 1. The third-order valence-electron chi connectivity index (χ3n) is 3.84. The van der Waals surface area contributed by atoms with E-state index in [0.29, 0.717) is 16.3 Å². The van der Waals surface area contributed by atoms with Crippen LogP contribution in [0.3, 0.4) is 0 Å². The molecule has 130 valence electrons. The van der Waals surface area contributed by atoms with Gasteiger partial charge in [-0.15, -0.1) is 11.3 Å². The molecule has 0 unspecified atom stereocenters. The summed E-state index contributed by atoms with van der Waals surface area (Å²) >= 11 is 1.32. The standard InChI is InChI=1S/C17H17N3O4S/c1-24-17(23)13-11-8-5-9-12(11)25-16(13)18-14(21)15(22)20-19-10-6-3-2-4-7-10/h2-4,6-7,19H,5,8-9H2,1H3,(H,18,21)(H,20,22). The van der Waals surface area contributed by atoms with Gasteiger partial charge in [0.1, 0.15) is 5.00 Å². The van der Waals surface area contributed by atoms with E-state index in [0.717, 1.165) is 29.7 Å². The van der Waals surface area contributed by atoms with Crippen molar-refractivity contribution in [1.29, 1.82) is 0 Å². The van der Waals surface area contributed by atoms with Gasteiger partial charge in [-0.25, -0.2) is 4.79 Å². The second-order valence-electron chi connectivity index (χ2n) is 5.45. The molecule has 0 atom stereocenters. The van der Waals surface area contributed by atoms with Crippen molar-refractivity contribution >= 4 is 39.8 Å². The Kier molecular flexibility index (Phi) is 4.99. The number of anilines is 2. The Labute approximate surface area is 148 Å². The lowest BCUT2D eigenvalue weighted by molar-refractivity contribution is -0.135. The normalized spacial score (nSPS) is 12.2. The Bertz CT molecular complexity index is 817. The van der Waals surface area contributed by atoms with E-state index in [9.17, 15) is 14.4 Å². The maximum Gasteiger partial charge on any atom is 0.341 e. The molecule has 0 spiro atoms. The predicted octanol–water partition coefficient (Wildman–Crippen LogP) is 2.11. The summed E-state index contributed by atoms with van der Waals surface area (Å²) in [4.78, 5) is 37.2. The molecular weight excluding hydrogens is 342 g/mol. The van der Waals surface area contributed by atoms with Crippen LogP contribution in [0, 0.1) is 0 Å². The number of fused-ring (bicyclic) bond motifs is 1. The summed E-state index contributed by atoms with van der Waals surface area (Å²) in [5.74, 6) is -2.21. The van der Waals surface area contributed by atoms with Crippen molar-refractivity contribution in [3.05, 3.63) is 46.3 Å². The average molecular weight is 359 g/mol. The molecule has 1 aliphatic rings. The van der Waals surface area contributed by atoms with E-state index in [1.54, 1.807) is 24.3 Å². The summed E-state index contributed by atoms with van der Waals surface area (Å²) in [6.07, 6.45) is 2.61. The molecule has 7 nitrogen and oxygen atoms in total. The van der Waals surface area contributed by atoms with Gasteiger partial charge in [-0.3, -0.25) is 20.4 Å². The predicted molar refractivity (Wildman–Crippen MR) is 94.5 cm³/mol. The Hall–Kier alpha value is -2.87. The van der Waals surface area contributed by atoms with Gasteiger partial charge in [-0.05, 0) is 37.0 Å². The Balaban J connectivity index is 1.68. The minimum Gasteiger partial charge on any atom is -0.465 e. The van der Waals surface area contributed by atoms with Crippen molar-refractivity contribution in [2.45, 2.75) is 19.3 Å². The van der Waals surface area contributed by atoms with Gasteiger partial charge in [0.2, 0.25) is 0 Å². The highest BCUT2D eigenvalue weighted by molar-refractivity contribution is 7.17. The first-order valence-corrected chi connectivity index (χ1v) is 8.57. The molecule has 2 amide bonds. The summed E-state index contributed by atoms with van der Waals surface area (Å²) in [6, 6.07) is 8.92. The first kappa shape index (κ1) is 17.0. The topological polar surface area (TPSA) is 96.5 Å². The van der Waals surface area contributed by atoms with Crippen LogP contribution < -0.4 is 16.2 Å². The summed E-state index contributed by atoms with van der Waals surface area (Å²) in [7, 11) is 1.30. The van der Waals surface area contributed by atoms with Crippen LogP contribution in [0.1, 0.15) is 27.2 Å². The maximum atomic E-state index is 12.1. The van der Waals surface area contributed by atoms with Crippen molar-refractivity contribution < 1.29 is 19.1 Å². The molecule has 1 aromatic carbocycles. The van der Waals surface area contributed by atoms with Gasteiger partial charge in [-0.2, -0.15) is 0 Å². The van der Waals surface area contributed by atoms with Crippen molar-refractivity contribution in [1.82, 2.24) is 5.43 Å². The van der Waals surface area contributed by atoms with Crippen LogP contribution >= 0.6 is 11.3 Å². The summed E-state index contributed by atoms with van der Waals surface area (Å²) in [5, 5.41) is 2.88. The molecule has 0 saturated heterocycles. The number of carbonyl (C=O) groups excluding carboxylic acids is 3. The largest absolute Gasteiger partial charge is 0.465 e. The smallest absolute Gasteiger partial charge is 0.341 e. The molecule has 3 N–H and O–H groups in total. The van der Waals surface area contributed by atoms with Gasteiger partial charge < -0.3 is 10.1 Å². The van der Waals surface area contributed by atoms with E-state index in [1.165, 1.54) is 18.4 Å². The number of carbonyl (C=O) groups is 3. The molecule has 0 bridgehead atoms. The van der Waals surface area contributed by atoms with Crippen LogP contribution in [-0.2, 0) is 27.2 Å². The third-order valence-corrected chi connectivity index (χ3v) is 5.05. The molecule has 25 heavy (non-hydrogen) atoms. The number of ether oxygens (including phenoxy) is 1. The number of nitrogens with one attached hydrogen (secondary N) is 3. The van der Waals surface area contributed by atoms with E-state index < -0.39 is 17.8 Å². The summed E-state index contributed by atoms with van der Waals surface area (Å²) < 4.78 is 4.81. The molecule has 1 aliphatic carbocycles. The van der Waals surface area contributed by atoms with Crippen LogP contribution in [0.15, 0.2) is 30.3 Å². The fourth-order valence-electron chi connectivity index (χ4n) is 2.68. The van der Waals surface area contributed by atoms with E-state index in [1.807, 2.05) is 6.07 Å². The SMILES string of the molecule is COC(=O)c1c(NC(=O)C(=O)NNc2ccccc2)sc2c1CCC2. The number of hydrogen-bond donors (Lipinski definition) is 3. The summed E-state index contributed by atoms with van der Waals surface area (Å²) in [6.45, 7) is 0. The number of hydrogen-bond acceptors (Lipinski definition) is 6. The fraction of sp³-hybridized carbons (Fsp3) is 0.235. The number of esters is 1. The highest BCUT2D eigenvalue weighted by Crippen LogP contribution is 2.39. The van der Waals surface area contributed by atoms with E-state index >= 15 is 0 Å². The molecule has 0 fully saturated rings. The van der Waals surface area contributed by atoms with Crippen molar-refractivity contribution in [3.8, 4) is 0 Å². The number of thiophene rings is 1. The van der Waals surface area contributed by atoms with Crippen LogP contribution in [-0.4, -0.2) is 24.9 Å². The van der Waals surface area contributed by atoms with E-state index in [-0.39, 0.29) is 0 Å². The van der Waals surface area contributed by atoms with Crippen molar-refractivity contribution in [2.24, 2.45) is 0 Å². The number of benzene rings is 1. The highest BCUT2D eigenvalue weighted by atomic mass is 32.1. The molecule has 1 heterocycles. The number of para-hydroxylation sites is 1. The number of hydrazine groups is 1.